The van der Waals surface area contributed by atoms with Gasteiger partial charge in [0.15, 0.2) is 0 Å². The normalized spacial score (nSPS) is 15.5. The van der Waals surface area contributed by atoms with Gasteiger partial charge in [-0.25, -0.2) is 4.85 Å². The summed E-state index contributed by atoms with van der Waals surface area (Å²) >= 11 is 0. The molecular weight excluding hydrogens is 410 g/mol. The zero-order valence-electron chi connectivity index (χ0n) is 18.7. The van der Waals surface area contributed by atoms with Crippen LogP contribution in [-0.4, -0.2) is 36.2 Å². The highest BCUT2D eigenvalue weighted by Crippen LogP contribution is 2.21. The van der Waals surface area contributed by atoms with E-state index in [2.05, 4.69) is 43.6 Å². The number of nitrogens with zero attached hydrogens (tertiary/aromatic N) is 3. The van der Waals surface area contributed by atoms with E-state index in [0.29, 0.717) is 18.2 Å². The Morgan fingerprint density at radius 1 is 1.06 bits per heavy atom. The third-order valence-electron chi connectivity index (χ3n) is 5.66. The van der Waals surface area contributed by atoms with E-state index in [1.165, 1.54) is 17.5 Å². The van der Waals surface area contributed by atoms with Crippen molar-refractivity contribution in [2.24, 2.45) is 5.92 Å². The number of pyridine rings is 2. The van der Waals surface area contributed by atoms with Crippen molar-refractivity contribution >= 4 is 17.8 Å². The van der Waals surface area contributed by atoms with Gasteiger partial charge >= 0.3 is 0 Å². The number of aromatic nitrogens is 2. The van der Waals surface area contributed by atoms with Gasteiger partial charge in [0.05, 0.1) is 13.2 Å². The van der Waals surface area contributed by atoms with E-state index in [1.54, 1.807) is 12.4 Å². The number of hydrogen-bond acceptors (Lipinski definition) is 5. The van der Waals surface area contributed by atoms with Gasteiger partial charge in [0.25, 0.3) is 0 Å². The Bertz CT molecular complexity index is 1100. The number of rotatable bonds is 10. The molecule has 4 rings (SSSR count). The summed E-state index contributed by atoms with van der Waals surface area (Å²) in [6, 6.07) is 12.2. The van der Waals surface area contributed by atoms with Gasteiger partial charge < -0.3 is 15.4 Å². The summed E-state index contributed by atoms with van der Waals surface area (Å²) in [5.74, 6) is 1.56. The summed E-state index contributed by atoms with van der Waals surface area (Å²) in [6.45, 7) is 11.8. The zero-order chi connectivity index (χ0) is 22.7. The van der Waals surface area contributed by atoms with E-state index < -0.39 is 0 Å². The summed E-state index contributed by atoms with van der Waals surface area (Å²) in [7, 11) is 0. The van der Waals surface area contributed by atoms with Gasteiger partial charge in [-0.15, -0.1) is 0 Å². The van der Waals surface area contributed by atoms with Gasteiger partial charge in [0.1, 0.15) is 5.75 Å². The average molecular weight is 440 g/mol. The summed E-state index contributed by atoms with van der Waals surface area (Å²) < 4.78 is 6.12. The Hall–Kier alpha value is -3.53. The van der Waals surface area contributed by atoms with Crippen LogP contribution in [0.1, 0.15) is 28.7 Å². The quantitative estimate of drug-likeness (QED) is 0.455. The van der Waals surface area contributed by atoms with Crippen LogP contribution in [0.3, 0.4) is 0 Å². The first-order valence-electron chi connectivity index (χ1n) is 11.4. The van der Waals surface area contributed by atoms with Crippen LogP contribution in [0.4, 0.5) is 5.69 Å². The van der Waals surface area contributed by atoms with E-state index in [9.17, 15) is 0 Å². The van der Waals surface area contributed by atoms with E-state index in [4.69, 9.17) is 11.3 Å². The van der Waals surface area contributed by atoms with Crippen LogP contribution in [0.15, 0.2) is 61.2 Å². The van der Waals surface area contributed by atoms with Crippen LogP contribution in [0.2, 0.25) is 0 Å². The Morgan fingerprint density at radius 2 is 1.94 bits per heavy atom. The highest BCUT2D eigenvalue weighted by Gasteiger charge is 2.13. The van der Waals surface area contributed by atoms with Gasteiger partial charge in [-0.2, -0.15) is 0 Å². The van der Waals surface area contributed by atoms with Crippen molar-refractivity contribution in [3.05, 3.63) is 94.9 Å². The monoisotopic (exact) mass is 439 g/mol. The van der Waals surface area contributed by atoms with E-state index in [1.807, 2.05) is 42.7 Å². The molecule has 2 aromatic heterocycles. The van der Waals surface area contributed by atoms with Crippen molar-refractivity contribution < 1.29 is 4.74 Å². The standard InChI is InChI=1S/C27H29N5O/c1-28-26-13-23(16-32-20-26)3-2-22-12-25(19-31-18-24-6-10-30-17-24)15-27(14-22)33-11-7-21-4-8-29-9-5-21/h2-5,8-9,12-16,20,24,30-31H,6-7,10-11,17-19H2/b3-2+. The van der Waals surface area contributed by atoms with Gasteiger partial charge in [-0.3, -0.25) is 9.97 Å². The molecule has 0 radical (unpaired) electrons. The smallest absolute Gasteiger partial charge is 0.205 e. The molecule has 1 atom stereocenters. The van der Waals surface area contributed by atoms with E-state index in [-0.39, 0.29) is 0 Å². The van der Waals surface area contributed by atoms with Crippen LogP contribution in [0.5, 0.6) is 5.75 Å². The number of hydrogen-bond donors (Lipinski definition) is 2. The summed E-state index contributed by atoms with van der Waals surface area (Å²) in [5, 5.41) is 7.02. The maximum atomic E-state index is 7.18. The second-order valence-electron chi connectivity index (χ2n) is 8.28. The molecule has 1 fully saturated rings. The largest absolute Gasteiger partial charge is 0.493 e. The minimum absolute atomic E-state index is 0.539. The molecule has 168 valence electrons. The molecule has 6 heteroatoms. The topological polar surface area (TPSA) is 63.4 Å². The van der Waals surface area contributed by atoms with Crippen LogP contribution in [-0.2, 0) is 13.0 Å². The predicted molar refractivity (Wildman–Crippen MR) is 132 cm³/mol. The third kappa shape index (κ3) is 7.25. The van der Waals surface area contributed by atoms with Crippen LogP contribution in [0, 0.1) is 12.5 Å². The molecule has 1 aromatic carbocycles. The van der Waals surface area contributed by atoms with E-state index >= 15 is 0 Å². The Kier molecular flexibility index (Phi) is 8.18. The maximum absolute atomic E-state index is 7.18. The molecule has 0 amide bonds. The molecule has 33 heavy (non-hydrogen) atoms. The molecule has 1 unspecified atom stereocenters. The lowest BCUT2D eigenvalue weighted by atomic mass is 10.1. The van der Waals surface area contributed by atoms with Crippen LogP contribution >= 0.6 is 0 Å². The molecular formula is C27H29N5O. The SMILES string of the molecule is [C-]#[N+]c1cncc(/C=C/c2cc(CNCC3CCNC3)cc(OCCc3ccncc3)c2)c1. The fourth-order valence-electron chi connectivity index (χ4n) is 3.90. The van der Waals surface area contributed by atoms with Crippen LogP contribution < -0.4 is 15.4 Å². The predicted octanol–water partition coefficient (Wildman–Crippen LogP) is 4.52. The van der Waals surface area contributed by atoms with Crippen molar-refractivity contribution in [1.29, 1.82) is 0 Å². The van der Waals surface area contributed by atoms with Crippen LogP contribution in [0.25, 0.3) is 17.0 Å². The molecule has 1 aliphatic heterocycles. The lowest BCUT2D eigenvalue weighted by Crippen LogP contribution is -2.24. The first-order valence-corrected chi connectivity index (χ1v) is 11.4. The summed E-state index contributed by atoms with van der Waals surface area (Å²) in [5.41, 5.74) is 4.90. The summed E-state index contributed by atoms with van der Waals surface area (Å²) in [6.07, 6.45) is 13.1. The van der Waals surface area contributed by atoms with Crippen molar-refractivity contribution in [3.8, 4) is 5.75 Å². The Labute approximate surface area is 195 Å². The van der Waals surface area contributed by atoms with Crippen molar-refractivity contribution in [2.45, 2.75) is 19.4 Å². The second kappa shape index (κ2) is 11.9. The zero-order valence-corrected chi connectivity index (χ0v) is 18.7. The van der Waals surface area contributed by atoms with Gasteiger partial charge in [-0.1, -0.05) is 18.2 Å². The van der Waals surface area contributed by atoms with E-state index in [0.717, 1.165) is 49.5 Å². The van der Waals surface area contributed by atoms with Crippen molar-refractivity contribution in [3.63, 3.8) is 0 Å². The van der Waals surface area contributed by atoms with Gasteiger partial charge in [-0.05, 0) is 84.6 Å². The molecule has 0 bridgehead atoms. The molecule has 1 aliphatic rings. The number of ether oxygens (including phenoxy) is 1. The highest BCUT2D eigenvalue weighted by atomic mass is 16.5. The van der Waals surface area contributed by atoms with Crippen molar-refractivity contribution in [2.75, 3.05) is 26.2 Å². The molecule has 3 heterocycles. The minimum atomic E-state index is 0.539. The maximum Gasteiger partial charge on any atom is 0.205 e. The first kappa shape index (κ1) is 22.7. The fraction of sp³-hybridized carbons (Fsp3) is 0.296. The Balaban J connectivity index is 1.44. The Morgan fingerprint density at radius 3 is 2.76 bits per heavy atom. The third-order valence-corrected chi connectivity index (χ3v) is 5.66. The lowest BCUT2D eigenvalue weighted by Gasteiger charge is -2.13. The molecule has 0 spiro atoms. The first-order chi connectivity index (χ1) is 16.3. The number of nitrogens with one attached hydrogen (secondary N) is 2. The van der Waals surface area contributed by atoms with Gasteiger partial charge in [0, 0.05) is 37.8 Å². The summed E-state index contributed by atoms with van der Waals surface area (Å²) in [4.78, 5) is 11.7. The highest BCUT2D eigenvalue weighted by molar-refractivity contribution is 5.71. The lowest BCUT2D eigenvalue weighted by molar-refractivity contribution is 0.321. The van der Waals surface area contributed by atoms with Crippen molar-refractivity contribution in [1.82, 2.24) is 20.6 Å². The number of benzene rings is 1. The average Bonchev–Trinajstić information content (AvgIpc) is 3.37. The minimum Gasteiger partial charge on any atom is -0.493 e. The fourth-order valence-corrected chi connectivity index (χ4v) is 3.90. The molecule has 1 saturated heterocycles. The molecule has 2 N–H and O–H groups in total. The molecule has 0 aliphatic carbocycles. The molecule has 0 saturated carbocycles. The molecule has 3 aromatic rings. The second-order valence-corrected chi connectivity index (χ2v) is 8.28. The molecule has 6 nitrogen and oxygen atoms in total. The van der Waals surface area contributed by atoms with Gasteiger partial charge in [0.2, 0.25) is 5.69 Å².